The molecule has 0 radical (unpaired) electrons. The molecule has 154 valence electrons. The van der Waals surface area contributed by atoms with Crippen LogP contribution in [0.4, 0.5) is 0 Å². The van der Waals surface area contributed by atoms with E-state index in [0.29, 0.717) is 17.6 Å². The SMILES string of the molecule is C=C(N)N=C/C(=C\N)c1ccc(C(C)(c2noc(-c3cnn(C)c3)n2)C2CC2)cc1. The van der Waals surface area contributed by atoms with Gasteiger partial charge < -0.3 is 16.0 Å². The Hall–Kier alpha value is -3.68. The first-order chi connectivity index (χ1) is 14.4. The summed E-state index contributed by atoms with van der Waals surface area (Å²) < 4.78 is 7.28. The molecule has 0 amide bonds. The second kappa shape index (κ2) is 7.62. The summed E-state index contributed by atoms with van der Waals surface area (Å²) in [7, 11) is 1.86. The molecule has 4 rings (SSSR count). The quantitative estimate of drug-likeness (QED) is 0.585. The van der Waals surface area contributed by atoms with Gasteiger partial charge in [-0.2, -0.15) is 10.1 Å². The van der Waals surface area contributed by atoms with Crippen LogP contribution >= 0.6 is 0 Å². The van der Waals surface area contributed by atoms with E-state index < -0.39 is 0 Å². The molecule has 0 aliphatic heterocycles. The van der Waals surface area contributed by atoms with Crippen LogP contribution in [0.15, 0.2) is 64.8 Å². The Morgan fingerprint density at radius 2 is 2.07 bits per heavy atom. The fourth-order valence-electron chi connectivity index (χ4n) is 3.67. The van der Waals surface area contributed by atoms with Crippen LogP contribution in [0.2, 0.25) is 0 Å². The molecule has 1 fully saturated rings. The minimum absolute atomic E-state index is 0.230. The van der Waals surface area contributed by atoms with Crippen LogP contribution in [0.5, 0.6) is 0 Å². The van der Waals surface area contributed by atoms with Gasteiger partial charge in [-0.1, -0.05) is 36.0 Å². The largest absolute Gasteiger partial charge is 0.404 e. The molecule has 1 aliphatic rings. The number of aliphatic imine (C=N–C) groups is 1. The zero-order valence-corrected chi connectivity index (χ0v) is 17.1. The van der Waals surface area contributed by atoms with E-state index in [1.165, 1.54) is 6.20 Å². The van der Waals surface area contributed by atoms with Gasteiger partial charge in [0.1, 0.15) is 5.82 Å². The molecule has 1 unspecified atom stereocenters. The zero-order valence-electron chi connectivity index (χ0n) is 17.1. The predicted molar refractivity (Wildman–Crippen MR) is 116 cm³/mol. The van der Waals surface area contributed by atoms with E-state index >= 15 is 0 Å². The summed E-state index contributed by atoms with van der Waals surface area (Å²) in [4.78, 5) is 8.75. The van der Waals surface area contributed by atoms with Gasteiger partial charge in [-0.3, -0.25) is 4.68 Å². The van der Waals surface area contributed by atoms with Crippen molar-refractivity contribution in [3.63, 3.8) is 0 Å². The normalized spacial score (nSPS) is 16.7. The summed E-state index contributed by atoms with van der Waals surface area (Å²) in [5, 5.41) is 8.51. The van der Waals surface area contributed by atoms with Crippen LogP contribution in [-0.4, -0.2) is 26.1 Å². The molecular formula is C22H25N7O. The van der Waals surface area contributed by atoms with Crippen molar-refractivity contribution in [1.82, 2.24) is 19.9 Å². The standard InChI is InChI=1S/C22H25N7O/c1-14(24)25-11-16(10-23)15-4-6-18(7-5-15)22(2,19-8-9-19)21-27-20(30-28-21)17-12-26-29(3)13-17/h4-7,10-13,19H,1,8-9,23-24H2,2-3H3/b16-10+,25-11?. The summed E-state index contributed by atoms with van der Waals surface area (Å²) in [6, 6.07) is 8.20. The van der Waals surface area contributed by atoms with Crippen LogP contribution in [-0.2, 0) is 12.5 Å². The highest BCUT2D eigenvalue weighted by molar-refractivity contribution is 6.09. The number of nitrogens with two attached hydrogens (primary N) is 2. The van der Waals surface area contributed by atoms with Gasteiger partial charge in [0, 0.05) is 31.2 Å². The molecule has 1 saturated carbocycles. The van der Waals surface area contributed by atoms with Gasteiger partial charge in [-0.25, -0.2) is 4.99 Å². The first-order valence-corrected chi connectivity index (χ1v) is 9.76. The van der Waals surface area contributed by atoms with Crippen LogP contribution in [0.3, 0.4) is 0 Å². The van der Waals surface area contributed by atoms with E-state index in [-0.39, 0.29) is 11.2 Å². The molecule has 0 bridgehead atoms. The molecule has 0 spiro atoms. The monoisotopic (exact) mass is 403 g/mol. The third-order valence-electron chi connectivity index (χ3n) is 5.60. The van der Waals surface area contributed by atoms with Crippen molar-refractivity contribution in [3.05, 3.63) is 72.2 Å². The van der Waals surface area contributed by atoms with Crippen molar-refractivity contribution in [2.45, 2.75) is 25.2 Å². The highest BCUT2D eigenvalue weighted by atomic mass is 16.5. The molecule has 8 heteroatoms. The third kappa shape index (κ3) is 3.63. The fraction of sp³-hybridized carbons (Fsp3) is 0.273. The highest BCUT2D eigenvalue weighted by Gasteiger charge is 2.47. The van der Waals surface area contributed by atoms with E-state index in [1.54, 1.807) is 17.1 Å². The number of nitrogens with zero attached hydrogens (tertiary/aromatic N) is 5. The van der Waals surface area contributed by atoms with Gasteiger partial charge >= 0.3 is 0 Å². The molecule has 30 heavy (non-hydrogen) atoms. The number of rotatable bonds is 7. The lowest BCUT2D eigenvalue weighted by Crippen LogP contribution is -2.28. The molecule has 1 aromatic carbocycles. The Morgan fingerprint density at radius 3 is 2.63 bits per heavy atom. The Labute approximate surface area is 175 Å². The molecule has 1 atom stereocenters. The van der Waals surface area contributed by atoms with Gasteiger partial charge in [-0.15, -0.1) is 0 Å². The second-order valence-corrected chi connectivity index (χ2v) is 7.75. The number of aromatic nitrogens is 4. The van der Waals surface area contributed by atoms with Crippen molar-refractivity contribution in [2.75, 3.05) is 0 Å². The summed E-state index contributed by atoms with van der Waals surface area (Å²) in [5.74, 6) is 1.86. The van der Waals surface area contributed by atoms with Gasteiger partial charge in [-0.05, 0) is 36.8 Å². The third-order valence-corrected chi connectivity index (χ3v) is 5.60. The topological polar surface area (TPSA) is 121 Å². The number of hydrogen-bond donors (Lipinski definition) is 2. The Kier molecular flexibility index (Phi) is 4.99. The average Bonchev–Trinajstić information content (AvgIpc) is 3.32. The maximum Gasteiger partial charge on any atom is 0.261 e. The summed E-state index contributed by atoms with van der Waals surface area (Å²) in [5.41, 5.74) is 14.6. The van der Waals surface area contributed by atoms with E-state index in [1.807, 2.05) is 25.4 Å². The lowest BCUT2D eigenvalue weighted by molar-refractivity contribution is 0.386. The highest BCUT2D eigenvalue weighted by Crippen LogP contribution is 2.50. The molecule has 2 heterocycles. The van der Waals surface area contributed by atoms with E-state index in [0.717, 1.165) is 35.1 Å². The predicted octanol–water partition coefficient (Wildman–Crippen LogP) is 2.99. The molecule has 1 aliphatic carbocycles. The van der Waals surface area contributed by atoms with Crippen LogP contribution < -0.4 is 11.5 Å². The number of aryl methyl sites for hydroxylation is 1. The van der Waals surface area contributed by atoms with E-state index in [9.17, 15) is 0 Å². The van der Waals surface area contributed by atoms with E-state index in [2.05, 4.69) is 40.9 Å². The molecule has 2 aromatic heterocycles. The molecule has 8 nitrogen and oxygen atoms in total. The fourth-order valence-corrected chi connectivity index (χ4v) is 3.67. The molecule has 0 saturated heterocycles. The molecular weight excluding hydrogens is 378 g/mol. The van der Waals surface area contributed by atoms with Gasteiger partial charge in [0.15, 0.2) is 5.82 Å². The van der Waals surface area contributed by atoms with Crippen molar-refractivity contribution in [3.8, 4) is 11.5 Å². The maximum atomic E-state index is 5.76. The van der Waals surface area contributed by atoms with Crippen LogP contribution in [0.25, 0.3) is 17.0 Å². The zero-order chi connectivity index (χ0) is 21.3. The minimum atomic E-state index is -0.339. The second-order valence-electron chi connectivity index (χ2n) is 7.75. The Bertz CT molecular complexity index is 1120. The van der Waals surface area contributed by atoms with Crippen molar-refractivity contribution in [2.24, 2.45) is 29.4 Å². The van der Waals surface area contributed by atoms with Crippen molar-refractivity contribution in [1.29, 1.82) is 0 Å². The lowest BCUT2D eigenvalue weighted by Gasteiger charge is -2.27. The Balaban J connectivity index is 1.66. The number of hydrogen-bond acceptors (Lipinski definition) is 7. The average molecular weight is 403 g/mol. The Morgan fingerprint density at radius 1 is 1.33 bits per heavy atom. The summed E-state index contributed by atoms with van der Waals surface area (Å²) >= 11 is 0. The van der Waals surface area contributed by atoms with Crippen LogP contribution in [0, 0.1) is 5.92 Å². The summed E-state index contributed by atoms with van der Waals surface area (Å²) in [6.07, 6.45) is 8.96. The van der Waals surface area contributed by atoms with Crippen molar-refractivity contribution < 1.29 is 4.52 Å². The number of benzene rings is 1. The lowest BCUT2D eigenvalue weighted by atomic mass is 9.76. The smallest absolute Gasteiger partial charge is 0.261 e. The maximum absolute atomic E-state index is 5.76. The van der Waals surface area contributed by atoms with E-state index in [4.69, 9.17) is 21.0 Å². The summed E-state index contributed by atoms with van der Waals surface area (Å²) in [6.45, 7) is 5.75. The first-order valence-electron chi connectivity index (χ1n) is 9.76. The minimum Gasteiger partial charge on any atom is -0.404 e. The number of allylic oxidation sites excluding steroid dienone is 1. The van der Waals surface area contributed by atoms with Crippen LogP contribution in [0.1, 0.15) is 36.7 Å². The van der Waals surface area contributed by atoms with Gasteiger partial charge in [0.25, 0.3) is 5.89 Å². The van der Waals surface area contributed by atoms with Gasteiger partial charge in [0.2, 0.25) is 0 Å². The van der Waals surface area contributed by atoms with Gasteiger partial charge in [0.05, 0.1) is 17.2 Å². The molecule has 3 aromatic rings. The first kappa shape index (κ1) is 19.6. The molecule has 4 N–H and O–H groups in total. The van der Waals surface area contributed by atoms with Crippen molar-refractivity contribution >= 4 is 11.8 Å².